The van der Waals surface area contributed by atoms with Gasteiger partial charge in [-0.1, -0.05) is 17.7 Å². The van der Waals surface area contributed by atoms with E-state index in [4.69, 9.17) is 16.3 Å². The molecule has 0 aromatic heterocycles. The summed E-state index contributed by atoms with van der Waals surface area (Å²) in [6, 6.07) is 9.67. The van der Waals surface area contributed by atoms with Crippen LogP contribution in [-0.4, -0.2) is 23.4 Å². The number of rotatable bonds is 5. The molecule has 2 aromatic carbocycles. The van der Waals surface area contributed by atoms with Gasteiger partial charge in [-0.05, 0) is 31.2 Å². The van der Waals surface area contributed by atoms with E-state index in [1.165, 1.54) is 42.5 Å². The van der Waals surface area contributed by atoms with Crippen molar-refractivity contribution in [1.29, 1.82) is 0 Å². The second-order valence-corrected chi connectivity index (χ2v) is 5.08. The van der Waals surface area contributed by atoms with Gasteiger partial charge in [0.05, 0.1) is 22.1 Å². The van der Waals surface area contributed by atoms with Crippen molar-refractivity contribution >= 4 is 34.9 Å². The Morgan fingerprint density at radius 2 is 2.00 bits per heavy atom. The smallest absolute Gasteiger partial charge is 0.339 e. The topological polar surface area (TPSA) is 98.5 Å². The van der Waals surface area contributed by atoms with E-state index in [2.05, 4.69) is 5.32 Å². The van der Waals surface area contributed by atoms with Gasteiger partial charge in [0.15, 0.2) is 0 Å². The van der Waals surface area contributed by atoms with E-state index in [-0.39, 0.29) is 28.4 Å². The number of halogens is 1. The van der Waals surface area contributed by atoms with Crippen molar-refractivity contribution in [3.8, 4) is 0 Å². The third-order valence-corrected chi connectivity index (χ3v) is 3.35. The van der Waals surface area contributed by atoms with Gasteiger partial charge in [-0.15, -0.1) is 0 Å². The van der Waals surface area contributed by atoms with Crippen LogP contribution >= 0.6 is 11.6 Å². The Balaban J connectivity index is 2.17. The number of hydrogen-bond donors (Lipinski definition) is 1. The van der Waals surface area contributed by atoms with Crippen LogP contribution in [0.5, 0.6) is 0 Å². The van der Waals surface area contributed by atoms with Crippen LogP contribution in [0.3, 0.4) is 0 Å². The zero-order valence-electron chi connectivity index (χ0n) is 12.6. The summed E-state index contributed by atoms with van der Waals surface area (Å²) in [5, 5.41) is 13.4. The molecule has 0 saturated heterocycles. The molecule has 0 spiro atoms. The minimum absolute atomic E-state index is 0.130. The number of nitro benzene ring substituents is 1. The van der Waals surface area contributed by atoms with E-state index in [1.54, 1.807) is 6.92 Å². The predicted octanol–water partition coefficient (Wildman–Crippen LogP) is 3.68. The quantitative estimate of drug-likeness (QED) is 0.505. The van der Waals surface area contributed by atoms with Crippen molar-refractivity contribution in [2.75, 3.05) is 11.9 Å². The van der Waals surface area contributed by atoms with E-state index in [9.17, 15) is 19.7 Å². The maximum Gasteiger partial charge on any atom is 0.339 e. The summed E-state index contributed by atoms with van der Waals surface area (Å²) in [6.07, 6.45) is 0. The predicted molar refractivity (Wildman–Crippen MR) is 88.5 cm³/mol. The molecule has 0 aliphatic carbocycles. The van der Waals surface area contributed by atoms with Gasteiger partial charge in [-0.25, -0.2) is 4.79 Å². The third kappa shape index (κ3) is 4.08. The standard InChI is InChI=1S/C16H13ClN2O5/c1-2-24-16(21)13-7-6-11(9-14(13)17)18-15(20)10-4-3-5-12(8-10)19(22)23/h3-9H,2H2,1H3,(H,18,20). The first-order chi connectivity index (χ1) is 11.4. The van der Waals surface area contributed by atoms with Crippen molar-refractivity contribution in [3.63, 3.8) is 0 Å². The summed E-state index contributed by atoms with van der Waals surface area (Å²) < 4.78 is 4.86. The van der Waals surface area contributed by atoms with Crippen LogP contribution in [0.25, 0.3) is 0 Å². The highest BCUT2D eigenvalue weighted by atomic mass is 35.5. The third-order valence-electron chi connectivity index (χ3n) is 3.04. The Morgan fingerprint density at radius 3 is 2.62 bits per heavy atom. The number of nitro groups is 1. The van der Waals surface area contributed by atoms with E-state index in [0.29, 0.717) is 5.69 Å². The van der Waals surface area contributed by atoms with Crippen molar-refractivity contribution in [3.05, 3.63) is 68.7 Å². The summed E-state index contributed by atoms with van der Waals surface area (Å²) in [4.78, 5) is 34.0. The normalized spacial score (nSPS) is 10.1. The SMILES string of the molecule is CCOC(=O)c1ccc(NC(=O)c2cccc([N+](=O)[O-])c2)cc1Cl. The minimum Gasteiger partial charge on any atom is -0.462 e. The molecule has 7 nitrogen and oxygen atoms in total. The molecule has 2 rings (SSSR count). The van der Waals surface area contributed by atoms with Crippen molar-refractivity contribution in [1.82, 2.24) is 0 Å². The average Bonchev–Trinajstić information content (AvgIpc) is 2.55. The van der Waals surface area contributed by atoms with Crippen LogP contribution in [0.4, 0.5) is 11.4 Å². The van der Waals surface area contributed by atoms with Crippen molar-refractivity contribution in [2.24, 2.45) is 0 Å². The van der Waals surface area contributed by atoms with Crippen LogP contribution in [0.1, 0.15) is 27.6 Å². The number of non-ortho nitro benzene ring substituents is 1. The van der Waals surface area contributed by atoms with Gasteiger partial charge >= 0.3 is 5.97 Å². The number of esters is 1. The van der Waals surface area contributed by atoms with Gasteiger partial charge in [0.1, 0.15) is 0 Å². The molecule has 0 aliphatic heterocycles. The van der Waals surface area contributed by atoms with Gasteiger partial charge in [-0.3, -0.25) is 14.9 Å². The zero-order valence-corrected chi connectivity index (χ0v) is 13.4. The van der Waals surface area contributed by atoms with E-state index in [0.717, 1.165) is 0 Å². The highest BCUT2D eigenvalue weighted by Crippen LogP contribution is 2.23. The zero-order chi connectivity index (χ0) is 17.7. The Hall–Kier alpha value is -2.93. The van der Waals surface area contributed by atoms with Gasteiger partial charge < -0.3 is 10.1 Å². The molecule has 0 heterocycles. The largest absolute Gasteiger partial charge is 0.462 e. The van der Waals surface area contributed by atoms with Gasteiger partial charge in [-0.2, -0.15) is 0 Å². The number of carbonyl (C=O) groups is 2. The van der Waals surface area contributed by atoms with Crippen LogP contribution < -0.4 is 5.32 Å². The Bertz CT molecular complexity index is 807. The summed E-state index contributed by atoms with van der Waals surface area (Å²) in [5.41, 5.74) is 0.490. The number of nitrogens with one attached hydrogen (secondary N) is 1. The summed E-state index contributed by atoms with van der Waals surface area (Å²) in [5.74, 6) is -1.09. The number of nitrogens with zero attached hydrogens (tertiary/aromatic N) is 1. The molecular weight excluding hydrogens is 336 g/mol. The summed E-state index contributed by atoms with van der Waals surface area (Å²) in [7, 11) is 0. The molecule has 124 valence electrons. The molecule has 0 aliphatic rings. The molecular formula is C16H13ClN2O5. The maximum atomic E-state index is 12.2. The highest BCUT2D eigenvalue weighted by molar-refractivity contribution is 6.34. The second-order valence-electron chi connectivity index (χ2n) is 4.68. The Labute approximate surface area is 142 Å². The first-order valence-corrected chi connectivity index (χ1v) is 7.32. The van der Waals surface area contributed by atoms with Gasteiger partial charge in [0.2, 0.25) is 0 Å². The molecule has 0 radical (unpaired) electrons. The van der Waals surface area contributed by atoms with Crippen LogP contribution in [-0.2, 0) is 4.74 Å². The molecule has 0 unspecified atom stereocenters. The van der Waals surface area contributed by atoms with E-state index >= 15 is 0 Å². The highest BCUT2D eigenvalue weighted by Gasteiger charge is 2.14. The average molecular weight is 349 g/mol. The number of benzene rings is 2. The molecule has 8 heteroatoms. The molecule has 0 fully saturated rings. The minimum atomic E-state index is -0.582. The lowest BCUT2D eigenvalue weighted by Gasteiger charge is -2.08. The lowest BCUT2D eigenvalue weighted by molar-refractivity contribution is -0.384. The molecule has 1 N–H and O–H groups in total. The molecule has 2 aromatic rings. The first-order valence-electron chi connectivity index (χ1n) is 6.95. The fourth-order valence-electron chi connectivity index (χ4n) is 1.93. The van der Waals surface area contributed by atoms with E-state index in [1.807, 2.05) is 0 Å². The molecule has 0 saturated carbocycles. The Kier molecular flexibility index (Phi) is 5.49. The number of amides is 1. The number of ether oxygens (including phenoxy) is 1. The molecule has 24 heavy (non-hydrogen) atoms. The number of hydrogen-bond acceptors (Lipinski definition) is 5. The summed E-state index contributed by atoms with van der Waals surface area (Å²) >= 11 is 6.01. The van der Waals surface area contributed by atoms with Crippen molar-refractivity contribution < 1.29 is 19.2 Å². The maximum absolute atomic E-state index is 12.2. The monoisotopic (exact) mass is 348 g/mol. The second kappa shape index (κ2) is 7.56. The van der Waals surface area contributed by atoms with Gasteiger partial charge in [0.25, 0.3) is 11.6 Å². The van der Waals surface area contributed by atoms with E-state index < -0.39 is 16.8 Å². The van der Waals surface area contributed by atoms with Crippen LogP contribution in [0, 0.1) is 10.1 Å². The van der Waals surface area contributed by atoms with Crippen molar-refractivity contribution in [2.45, 2.75) is 6.92 Å². The van der Waals surface area contributed by atoms with Crippen LogP contribution in [0.2, 0.25) is 5.02 Å². The molecule has 0 atom stereocenters. The first kappa shape index (κ1) is 17.4. The van der Waals surface area contributed by atoms with Crippen LogP contribution in [0.15, 0.2) is 42.5 Å². The fourth-order valence-corrected chi connectivity index (χ4v) is 2.19. The number of carbonyl (C=O) groups excluding carboxylic acids is 2. The summed E-state index contributed by atoms with van der Waals surface area (Å²) in [6.45, 7) is 1.90. The van der Waals surface area contributed by atoms with Gasteiger partial charge in [0, 0.05) is 23.4 Å². The Morgan fingerprint density at radius 1 is 1.25 bits per heavy atom. The fraction of sp³-hybridized carbons (Fsp3) is 0.125. The lowest BCUT2D eigenvalue weighted by atomic mass is 10.1. The molecule has 0 bridgehead atoms. The molecule has 1 amide bonds. The lowest BCUT2D eigenvalue weighted by Crippen LogP contribution is -2.12. The number of anilines is 1.